The van der Waals surface area contributed by atoms with Crippen molar-refractivity contribution in [3.8, 4) is 16.2 Å². The molecule has 0 saturated carbocycles. The molecule has 156 valence electrons. The average Bonchev–Trinajstić information content (AvgIpc) is 3.41. The molecule has 1 atom stereocenters. The molecule has 0 aliphatic carbocycles. The van der Waals surface area contributed by atoms with Crippen LogP contribution < -0.4 is 15.4 Å². The Kier molecular flexibility index (Phi) is 7.52. The Labute approximate surface area is 177 Å². The van der Waals surface area contributed by atoms with Crippen LogP contribution in [-0.2, 0) is 11.3 Å². The maximum atomic E-state index is 11.9. The first-order valence-electron chi connectivity index (χ1n) is 10.2. The van der Waals surface area contributed by atoms with Gasteiger partial charge in [-0.2, -0.15) is 0 Å². The highest BCUT2D eigenvalue weighted by atomic mass is 32.1. The quantitative estimate of drug-likeness (QED) is 0.538. The monoisotopic (exact) mass is 414 g/mol. The van der Waals surface area contributed by atoms with Gasteiger partial charge in [-0.05, 0) is 55.3 Å². The molecule has 7 heteroatoms. The average molecular weight is 415 g/mol. The van der Waals surface area contributed by atoms with Gasteiger partial charge in [-0.15, -0.1) is 11.3 Å². The van der Waals surface area contributed by atoms with Gasteiger partial charge in [-0.1, -0.05) is 6.92 Å². The number of benzene rings is 1. The molecular formula is C22H30N4O2S. The number of methoxy groups -OCH3 is 1. The fourth-order valence-electron chi connectivity index (χ4n) is 3.37. The molecule has 0 radical (unpaired) electrons. The summed E-state index contributed by atoms with van der Waals surface area (Å²) in [7, 11) is 1.68. The number of hydrogen-bond donors (Lipinski definition) is 2. The zero-order valence-electron chi connectivity index (χ0n) is 17.4. The number of carbonyl (C=O) groups excluding carboxylic acids is 1. The van der Waals surface area contributed by atoms with Crippen molar-refractivity contribution >= 4 is 23.2 Å². The number of ether oxygens (including phenoxy) is 1. The Morgan fingerprint density at radius 3 is 2.72 bits per heavy atom. The fourth-order valence-corrected chi connectivity index (χ4v) is 4.31. The smallest absolute Gasteiger partial charge is 0.222 e. The Bertz CT molecular complexity index is 832. The molecular weight excluding hydrogens is 384 g/mol. The lowest BCUT2D eigenvalue weighted by Crippen LogP contribution is -2.45. The van der Waals surface area contributed by atoms with E-state index in [1.807, 2.05) is 24.0 Å². The van der Waals surface area contributed by atoms with Gasteiger partial charge in [-0.3, -0.25) is 4.79 Å². The number of guanidine groups is 1. The van der Waals surface area contributed by atoms with Gasteiger partial charge in [0, 0.05) is 41.9 Å². The summed E-state index contributed by atoms with van der Waals surface area (Å²) in [5.41, 5.74) is 1.18. The number of rotatable bonds is 7. The van der Waals surface area contributed by atoms with Gasteiger partial charge in [0.2, 0.25) is 5.91 Å². The second-order valence-electron chi connectivity index (χ2n) is 7.01. The zero-order chi connectivity index (χ0) is 20.6. The third-order valence-corrected chi connectivity index (χ3v) is 6.08. The molecule has 1 aromatic carbocycles. The lowest BCUT2D eigenvalue weighted by molar-refractivity contribution is -0.129. The molecule has 2 aromatic rings. The zero-order valence-corrected chi connectivity index (χ0v) is 18.2. The summed E-state index contributed by atoms with van der Waals surface area (Å²) in [5, 5.41) is 6.80. The van der Waals surface area contributed by atoms with E-state index in [2.05, 4.69) is 41.8 Å². The predicted octanol–water partition coefficient (Wildman–Crippen LogP) is 3.49. The number of hydrogen-bond acceptors (Lipinski definition) is 4. The predicted molar refractivity (Wildman–Crippen MR) is 120 cm³/mol. The SMILES string of the molecule is CCNC(=NCc1ccc(-c2ccc(OC)cc2)s1)NC1CCN(C(=O)CC)C1. The van der Waals surface area contributed by atoms with Crippen LogP contribution in [0.5, 0.6) is 5.75 Å². The van der Waals surface area contributed by atoms with E-state index in [9.17, 15) is 4.79 Å². The van der Waals surface area contributed by atoms with Gasteiger partial charge in [-0.25, -0.2) is 4.99 Å². The Balaban J connectivity index is 1.60. The molecule has 1 amide bonds. The van der Waals surface area contributed by atoms with Crippen molar-refractivity contribution in [1.82, 2.24) is 15.5 Å². The number of amides is 1. The van der Waals surface area contributed by atoms with Crippen molar-refractivity contribution in [3.63, 3.8) is 0 Å². The maximum absolute atomic E-state index is 11.9. The van der Waals surface area contributed by atoms with Crippen molar-refractivity contribution in [3.05, 3.63) is 41.3 Å². The first-order valence-corrected chi connectivity index (χ1v) is 11.0. The van der Waals surface area contributed by atoms with Gasteiger partial charge in [0.1, 0.15) is 5.75 Å². The van der Waals surface area contributed by atoms with Crippen LogP contribution in [-0.4, -0.2) is 49.6 Å². The molecule has 0 spiro atoms. The minimum absolute atomic E-state index is 0.223. The van der Waals surface area contributed by atoms with E-state index in [0.717, 1.165) is 37.8 Å². The highest BCUT2D eigenvalue weighted by Gasteiger charge is 2.25. The fraction of sp³-hybridized carbons (Fsp3) is 0.455. The summed E-state index contributed by atoms with van der Waals surface area (Å²) in [5.74, 6) is 1.89. The molecule has 1 saturated heterocycles. The molecule has 3 rings (SSSR count). The molecule has 1 fully saturated rings. The first kappa shape index (κ1) is 21.2. The standard InChI is InChI=1S/C22H30N4O2S/c1-4-21(27)26-13-12-17(15-26)25-22(23-5-2)24-14-19-10-11-20(29-19)16-6-8-18(28-3)9-7-16/h6-11,17H,4-5,12-15H2,1-3H3,(H2,23,24,25). The molecule has 1 aliphatic rings. The van der Waals surface area contributed by atoms with E-state index in [1.54, 1.807) is 18.4 Å². The van der Waals surface area contributed by atoms with Crippen LogP contribution in [0.3, 0.4) is 0 Å². The van der Waals surface area contributed by atoms with Crippen LogP contribution in [0.15, 0.2) is 41.4 Å². The normalized spacial score (nSPS) is 16.7. The highest BCUT2D eigenvalue weighted by molar-refractivity contribution is 7.15. The van der Waals surface area contributed by atoms with E-state index in [-0.39, 0.29) is 11.9 Å². The summed E-state index contributed by atoms with van der Waals surface area (Å²) in [6.07, 6.45) is 1.52. The molecule has 1 aromatic heterocycles. The van der Waals surface area contributed by atoms with Crippen LogP contribution >= 0.6 is 11.3 Å². The maximum Gasteiger partial charge on any atom is 0.222 e. The van der Waals surface area contributed by atoms with Crippen molar-refractivity contribution in [2.24, 2.45) is 4.99 Å². The Hall–Kier alpha value is -2.54. The second-order valence-corrected chi connectivity index (χ2v) is 8.18. The summed E-state index contributed by atoms with van der Waals surface area (Å²) in [6.45, 7) is 6.97. The van der Waals surface area contributed by atoms with Crippen LogP contribution in [0.25, 0.3) is 10.4 Å². The summed E-state index contributed by atoms with van der Waals surface area (Å²) < 4.78 is 5.23. The largest absolute Gasteiger partial charge is 0.497 e. The molecule has 6 nitrogen and oxygen atoms in total. The van der Waals surface area contributed by atoms with Crippen molar-refractivity contribution in [2.75, 3.05) is 26.7 Å². The van der Waals surface area contributed by atoms with Crippen molar-refractivity contribution in [2.45, 2.75) is 39.3 Å². The van der Waals surface area contributed by atoms with Crippen LogP contribution in [0.1, 0.15) is 31.6 Å². The van der Waals surface area contributed by atoms with Crippen molar-refractivity contribution < 1.29 is 9.53 Å². The number of thiophene rings is 1. The van der Waals surface area contributed by atoms with Crippen LogP contribution in [0.2, 0.25) is 0 Å². The lowest BCUT2D eigenvalue weighted by Gasteiger charge is -2.18. The van der Waals surface area contributed by atoms with Gasteiger partial charge in [0.05, 0.1) is 13.7 Å². The summed E-state index contributed by atoms with van der Waals surface area (Å²) >= 11 is 1.75. The Morgan fingerprint density at radius 1 is 1.24 bits per heavy atom. The van der Waals surface area contributed by atoms with Gasteiger partial charge in [0.25, 0.3) is 0 Å². The second kappa shape index (κ2) is 10.3. The van der Waals surface area contributed by atoms with E-state index >= 15 is 0 Å². The lowest BCUT2D eigenvalue weighted by atomic mass is 10.2. The summed E-state index contributed by atoms with van der Waals surface area (Å²) in [4.78, 5) is 21.0. The van der Waals surface area contributed by atoms with Gasteiger partial charge >= 0.3 is 0 Å². The molecule has 0 bridgehead atoms. The first-order chi connectivity index (χ1) is 14.1. The molecule has 2 heterocycles. The van der Waals surface area contributed by atoms with Crippen LogP contribution in [0.4, 0.5) is 0 Å². The molecule has 1 unspecified atom stereocenters. The number of aliphatic imine (C=N–C) groups is 1. The van der Waals surface area contributed by atoms with E-state index in [4.69, 9.17) is 9.73 Å². The number of carbonyl (C=O) groups is 1. The third kappa shape index (κ3) is 5.73. The van der Waals surface area contributed by atoms with Gasteiger partial charge in [0.15, 0.2) is 5.96 Å². The summed E-state index contributed by atoms with van der Waals surface area (Å²) in [6, 6.07) is 12.6. The van der Waals surface area contributed by atoms with Crippen LogP contribution in [0, 0.1) is 0 Å². The molecule has 1 aliphatic heterocycles. The minimum Gasteiger partial charge on any atom is -0.497 e. The Morgan fingerprint density at radius 2 is 2.03 bits per heavy atom. The van der Waals surface area contributed by atoms with E-state index in [0.29, 0.717) is 13.0 Å². The number of likely N-dealkylation sites (tertiary alicyclic amines) is 1. The van der Waals surface area contributed by atoms with Gasteiger partial charge < -0.3 is 20.3 Å². The van der Waals surface area contributed by atoms with E-state index < -0.39 is 0 Å². The van der Waals surface area contributed by atoms with E-state index in [1.165, 1.54) is 15.3 Å². The number of nitrogens with one attached hydrogen (secondary N) is 2. The molecule has 2 N–H and O–H groups in total. The topological polar surface area (TPSA) is 66.0 Å². The number of nitrogens with zero attached hydrogens (tertiary/aromatic N) is 2. The minimum atomic E-state index is 0.223. The highest BCUT2D eigenvalue weighted by Crippen LogP contribution is 2.29. The third-order valence-electron chi connectivity index (χ3n) is 4.96. The molecule has 29 heavy (non-hydrogen) atoms. The van der Waals surface area contributed by atoms with Crippen molar-refractivity contribution in [1.29, 1.82) is 0 Å².